The molecular formula is C17H22N4O2S. The summed E-state index contributed by atoms with van der Waals surface area (Å²) in [4.78, 5) is 20.8. The largest absolute Gasteiger partial charge is 0.497 e. The van der Waals surface area contributed by atoms with E-state index in [0.717, 1.165) is 48.3 Å². The second kappa shape index (κ2) is 7.53. The van der Waals surface area contributed by atoms with Crippen molar-refractivity contribution in [1.29, 1.82) is 0 Å². The second-order valence-electron chi connectivity index (χ2n) is 5.71. The average molecular weight is 346 g/mol. The minimum atomic E-state index is -0.0165. The van der Waals surface area contributed by atoms with E-state index < -0.39 is 0 Å². The molecule has 1 saturated heterocycles. The number of carbonyl (C=O) groups is 1. The van der Waals surface area contributed by atoms with Crippen LogP contribution >= 0.6 is 11.3 Å². The molecule has 128 valence electrons. The first-order chi connectivity index (χ1) is 11.7. The Balaban J connectivity index is 1.47. The number of piperazine rings is 1. The Morgan fingerprint density at radius 3 is 2.54 bits per heavy atom. The molecule has 1 aliphatic rings. The van der Waals surface area contributed by atoms with E-state index in [0.29, 0.717) is 6.54 Å². The Hall–Kier alpha value is -2.28. The van der Waals surface area contributed by atoms with Gasteiger partial charge in [-0.05, 0) is 31.2 Å². The van der Waals surface area contributed by atoms with E-state index in [9.17, 15) is 4.79 Å². The molecule has 24 heavy (non-hydrogen) atoms. The summed E-state index contributed by atoms with van der Waals surface area (Å²) in [5.74, 6) is 0.856. The molecule has 0 bridgehead atoms. The summed E-state index contributed by atoms with van der Waals surface area (Å²) >= 11 is 1.58. The molecule has 0 unspecified atom stereocenters. The van der Waals surface area contributed by atoms with Gasteiger partial charge >= 0.3 is 6.03 Å². The second-order valence-corrected chi connectivity index (χ2v) is 6.66. The number of carbonyl (C=O) groups excluding carboxylic acids is 1. The number of rotatable bonds is 4. The van der Waals surface area contributed by atoms with Crippen LogP contribution in [0.25, 0.3) is 0 Å². The highest BCUT2D eigenvalue weighted by atomic mass is 32.1. The number of aryl methyl sites for hydroxylation is 1. The van der Waals surface area contributed by atoms with Crippen LogP contribution in [-0.4, -0.2) is 49.2 Å². The average Bonchev–Trinajstić information content (AvgIpc) is 3.05. The molecule has 1 aromatic heterocycles. The summed E-state index contributed by atoms with van der Waals surface area (Å²) in [7, 11) is 1.67. The summed E-state index contributed by atoms with van der Waals surface area (Å²) in [6.07, 6.45) is 0. The standard InChI is InChI=1S/C17H22N4O2S/c1-13-12-24-16(19-13)11-18-17(22)21-9-7-20(8-10-21)14-3-5-15(23-2)6-4-14/h3-6,12H,7-11H2,1-2H3,(H,18,22). The van der Waals surface area contributed by atoms with Gasteiger partial charge in [-0.15, -0.1) is 11.3 Å². The predicted molar refractivity (Wildman–Crippen MR) is 95.9 cm³/mol. The van der Waals surface area contributed by atoms with Crippen molar-refractivity contribution in [3.8, 4) is 5.75 Å². The Labute approximate surface area is 146 Å². The summed E-state index contributed by atoms with van der Waals surface area (Å²) < 4.78 is 5.19. The number of hydrogen-bond donors (Lipinski definition) is 1. The van der Waals surface area contributed by atoms with E-state index in [1.165, 1.54) is 0 Å². The molecule has 1 N–H and O–H groups in total. The van der Waals surface area contributed by atoms with Crippen molar-refractivity contribution in [3.05, 3.63) is 40.3 Å². The number of thiazole rings is 1. The third kappa shape index (κ3) is 3.97. The van der Waals surface area contributed by atoms with Crippen LogP contribution in [0.15, 0.2) is 29.6 Å². The number of urea groups is 1. The van der Waals surface area contributed by atoms with E-state index in [4.69, 9.17) is 4.74 Å². The molecule has 0 saturated carbocycles. The maximum Gasteiger partial charge on any atom is 0.317 e. The lowest BCUT2D eigenvalue weighted by molar-refractivity contribution is 0.194. The van der Waals surface area contributed by atoms with Gasteiger partial charge in [0.15, 0.2) is 0 Å². The number of aromatic nitrogens is 1. The number of ether oxygens (including phenoxy) is 1. The molecule has 3 rings (SSSR count). The molecule has 7 heteroatoms. The molecule has 1 fully saturated rings. The Kier molecular flexibility index (Phi) is 5.20. The summed E-state index contributed by atoms with van der Waals surface area (Å²) in [5.41, 5.74) is 2.16. The van der Waals surface area contributed by atoms with Gasteiger partial charge in [0.2, 0.25) is 0 Å². The number of nitrogens with one attached hydrogen (secondary N) is 1. The van der Waals surface area contributed by atoms with Crippen molar-refractivity contribution in [1.82, 2.24) is 15.2 Å². The van der Waals surface area contributed by atoms with Crippen molar-refractivity contribution in [3.63, 3.8) is 0 Å². The lowest BCUT2D eigenvalue weighted by Crippen LogP contribution is -2.51. The lowest BCUT2D eigenvalue weighted by Gasteiger charge is -2.36. The molecule has 6 nitrogen and oxygen atoms in total. The van der Waals surface area contributed by atoms with Crippen LogP contribution in [0.1, 0.15) is 10.7 Å². The monoisotopic (exact) mass is 346 g/mol. The van der Waals surface area contributed by atoms with Gasteiger partial charge in [-0.25, -0.2) is 9.78 Å². The number of benzene rings is 1. The lowest BCUT2D eigenvalue weighted by atomic mass is 10.2. The van der Waals surface area contributed by atoms with Crippen molar-refractivity contribution >= 4 is 23.1 Å². The van der Waals surface area contributed by atoms with E-state index in [2.05, 4.69) is 27.3 Å². The number of amides is 2. The fraction of sp³-hybridized carbons (Fsp3) is 0.412. The number of hydrogen-bond acceptors (Lipinski definition) is 5. The fourth-order valence-electron chi connectivity index (χ4n) is 2.71. The Morgan fingerprint density at radius 2 is 1.96 bits per heavy atom. The predicted octanol–water partition coefficient (Wildman–Crippen LogP) is 2.49. The van der Waals surface area contributed by atoms with E-state index in [-0.39, 0.29) is 6.03 Å². The summed E-state index contributed by atoms with van der Waals surface area (Å²) in [6, 6.07) is 8.02. The van der Waals surface area contributed by atoms with Crippen LogP contribution in [-0.2, 0) is 6.54 Å². The van der Waals surface area contributed by atoms with Gasteiger partial charge in [0.1, 0.15) is 10.8 Å². The van der Waals surface area contributed by atoms with Crippen LogP contribution in [0.2, 0.25) is 0 Å². The fourth-order valence-corrected chi connectivity index (χ4v) is 3.42. The number of anilines is 1. The molecule has 0 radical (unpaired) electrons. The number of nitrogens with zero attached hydrogens (tertiary/aromatic N) is 3. The van der Waals surface area contributed by atoms with Crippen LogP contribution in [0.3, 0.4) is 0 Å². The minimum Gasteiger partial charge on any atom is -0.497 e. The maximum atomic E-state index is 12.3. The van der Waals surface area contributed by atoms with Gasteiger partial charge in [0, 0.05) is 42.9 Å². The van der Waals surface area contributed by atoms with Crippen molar-refractivity contribution in [2.24, 2.45) is 0 Å². The molecule has 2 amide bonds. The highest BCUT2D eigenvalue weighted by Gasteiger charge is 2.21. The first kappa shape index (κ1) is 16.6. The third-order valence-electron chi connectivity index (χ3n) is 4.06. The number of methoxy groups -OCH3 is 1. The molecule has 2 aromatic rings. The molecule has 0 atom stereocenters. The SMILES string of the molecule is COc1ccc(N2CCN(C(=O)NCc3nc(C)cs3)CC2)cc1. The first-order valence-electron chi connectivity index (χ1n) is 7.98. The van der Waals surface area contributed by atoms with E-state index >= 15 is 0 Å². The maximum absolute atomic E-state index is 12.3. The van der Waals surface area contributed by atoms with Gasteiger partial charge in [0.05, 0.1) is 13.7 Å². The molecule has 2 heterocycles. The molecule has 0 spiro atoms. The zero-order valence-corrected chi connectivity index (χ0v) is 14.8. The third-order valence-corrected chi connectivity index (χ3v) is 5.03. The van der Waals surface area contributed by atoms with Crippen molar-refractivity contribution in [2.75, 3.05) is 38.2 Å². The van der Waals surface area contributed by atoms with Gasteiger partial charge in [-0.3, -0.25) is 0 Å². The van der Waals surface area contributed by atoms with Gasteiger partial charge < -0.3 is 19.9 Å². The topological polar surface area (TPSA) is 57.7 Å². The Bertz CT molecular complexity index is 678. The van der Waals surface area contributed by atoms with Crippen molar-refractivity contribution in [2.45, 2.75) is 13.5 Å². The van der Waals surface area contributed by atoms with Crippen molar-refractivity contribution < 1.29 is 9.53 Å². The highest BCUT2D eigenvalue weighted by Crippen LogP contribution is 2.20. The van der Waals surface area contributed by atoms with Crippen LogP contribution in [0, 0.1) is 6.92 Å². The Morgan fingerprint density at radius 1 is 1.25 bits per heavy atom. The van der Waals surface area contributed by atoms with Gasteiger partial charge in [-0.2, -0.15) is 0 Å². The minimum absolute atomic E-state index is 0.0165. The normalized spacial score (nSPS) is 14.6. The zero-order valence-electron chi connectivity index (χ0n) is 14.0. The van der Waals surface area contributed by atoms with E-state index in [1.807, 2.05) is 29.3 Å². The van der Waals surface area contributed by atoms with Crippen LogP contribution in [0.5, 0.6) is 5.75 Å². The van der Waals surface area contributed by atoms with E-state index in [1.54, 1.807) is 18.4 Å². The molecular weight excluding hydrogens is 324 g/mol. The molecule has 1 aliphatic heterocycles. The highest BCUT2D eigenvalue weighted by molar-refractivity contribution is 7.09. The summed E-state index contributed by atoms with van der Waals surface area (Å²) in [5, 5.41) is 5.89. The van der Waals surface area contributed by atoms with Crippen LogP contribution < -0.4 is 15.0 Å². The molecule has 1 aromatic carbocycles. The van der Waals surface area contributed by atoms with Gasteiger partial charge in [-0.1, -0.05) is 0 Å². The first-order valence-corrected chi connectivity index (χ1v) is 8.86. The zero-order chi connectivity index (χ0) is 16.9. The smallest absolute Gasteiger partial charge is 0.317 e. The summed E-state index contributed by atoms with van der Waals surface area (Å²) in [6.45, 7) is 5.55. The van der Waals surface area contributed by atoms with Crippen LogP contribution in [0.4, 0.5) is 10.5 Å². The molecule has 0 aliphatic carbocycles. The van der Waals surface area contributed by atoms with Gasteiger partial charge in [0.25, 0.3) is 0 Å². The quantitative estimate of drug-likeness (QED) is 0.924.